The van der Waals surface area contributed by atoms with Crippen molar-refractivity contribution in [3.8, 4) is 0 Å². The highest BCUT2D eigenvalue weighted by Crippen LogP contribution is 2.46. The van der Waals surface area contributed by atoms with Crippen molar-refractivity contribution in [3.05, 3.63) is 0 Å². The molecule has 2 unspecified atom stereocenters. The van der Waals surface area contributed by atoms with Crippen molar-refractivity contribution in [2.24, 2.45) is 28.7 Å². The number of alkyl halides is 3. The van der Waals surface area contributed by atoms with E-state index >= 15 is 0 Å². The molecule has 1 nitrogen and oxygen atoms in total. The topological polar surface area (TPSA) is 12.4 Å². The number of aliphatic imine (C=N–C) groups is 1. The quantitative estimate of drug-likeness (QED) is 0.327. The molecule has 3 aliphatic carbocycles. The molecule has 5 heteroatoms. The van der Waals surface area contributed by atoms with E-state index in [0.29, 0.717) is 24.1 Å². The van der Waals surface area contributed by atoms with Gasteiger partial charge in [-0.05, 0) is 100 Å². The Morgan fingerprint density at radius 1 is 0.750 bits per heavy atom. The van der Waals surface area contributed by atoms with E-state index < -0.39 is 18.4 Å². The minimum Gasteiger partial charge on any atom is -0.245 e. The second-order valence-electron chi connectivity index (χ2n) is 8.16. The summed E-state index contributed by atoms with van der Waals surface area (Å²) >= 11 is 10.7. The molecule has 0 bridgehead atoms. The molecule has 0 aliphatic heterocycles. The average molecular weight is 376 g/mol. The minimum atomic E-state index is -1.20. The number of thiocarbonyl (C=S) groups is 1. The van der Waals surface area contributed by atoms with E-state index in [4.69, 9.17) is 11.6 Å². The molecule has 0 aromatic carbocycles. The lowest BCUT2D eigenvalue weighted by Gasteiger charge is -2.41. The standard InChI is InChI=1S/C19H28ClF2NS/c20-16-7-5-13(6-8-16)12-1-3-14(4-2-12)15-9-17(21)19(23-11-24)18(22)10-15/h12-19H,1-10H2. The third-order valence-corrected chi connectivity index (χ3v) is 7.39. The molecule has 0 amide bonds. The molecular formula is C19H28ClF2NS. The monoisotopic (exact) mass is 375 g/mol. The first-order chi connectivity index (χ1) is 11.6. The van der Waals surface area contributed by atoms with Crippen LogP contribution < -0.4 is 0 Å². The number of isothiocyanates is 1. The predicted octanol–water partition coefficient (Wildman–Crippen LogP) is 6.15. The van der Waals surface area contributed by atoms with Crippen LogP contribution in [0.3, 0.4) is 0 Å². The summed E-state index contributed by atoms with van der Waals surface area (Å²) in [6.07, 6.45) is 8.06. The Balaban J connectivity index is 1.49. The third kappa shape index (κ3) is 4.37. The zero-order valence-corrected chi connectivity index (χ0v) is 15.8. The van der Waals surface area contributed by atoms with Gasteiger partial charge in [0, 0.05) is 5.38 Å². The van der Waals surface area contributed by atoms with Crippen LogP contribution in [0.5, 0.6) is 0 Å². The number of nitrogens with zero attached hydrogens (tertiary/aromatic N) is 1. The molecule has 0 saturated heterocycles. The fourth-order valence-corrected chi connectivity index (χ4v) is 5.80. The Kier molecular flexibility index (Phi) is 6.68. The number of hydrogen-bond donors (Lipinski definition) is 0. The van der Waals surface area contributed by atoms with Crippen LogP contribution in [-0.2, 0) is 0 Å². The molecule has 0 aromatic rings. The summed E-state index contributed by atoms with van der Waals surface area (Å²) in [6, 6.07) is -0.916. The summed E-state index contributed by atoms with van der Waals surface area (Å²) < 4.78 is 28.5. The second-order valence-corrected chi connectivity index (χ2v) is 8.96. The van der Waals surface area contributed by atoms with Crippen molar-refractivity contribution in [3.63, 3.8) is 0 Å². The lowest BCUT2D eigenvalue weighted by molar-refractivity contribution is 0.0443. The molecule has 136 valence electrons. The van der Waals surface area contributed by atoms with Crippen molar-refractivity contribution >= 4 is 29.0 Å². The van der Waals surface area contributed by atoms with Gasteiger partial charge in [-0.1, -0.05) is 0 Å². The van der Waals surface area contributed by atoms with Gasteiger partial charge >= 0.3 is 0 Å². The van der Waals surface area contributed by atoms with Crippen molar-refractivity contribution in [1.82, 2.24) is 0 Å². The molecular weight excluding hydrogens is 348 g/mol. The summed E-state index contributed by atoms with van der Waals surface area (Å²) in [7, 11) is 0. The van der Waals surface area contributed by atoms with E-state index in [0.717, 1.165) is 37.5 Å². The molecule has 3 rings (SSSR count). The Labute approximate surface area is 154 Å². The van der Waals surface area contributed by atoms with Crippen LogP contribution in [0.2, 0.25) is 0 Å². The third-order valence-electron chi connectivity index (χ3n) is 6.85. The van der Waals surface area contributed by atoms with Crippen molar-refractivity contribution in [2.75, 3.05) is 0 Å². The maximum atomic E-state index is 14.3. The van der Waals surface area contributed by atoms with Gasteiger partial charge in [-0.15, -0.1) is 11.6 Å². The van der Waals surface area contributed by atoms with Gasteiger partial charge in [0.25, 0.3) is 0 Å². The van der Waals surface area contributed by atoms with E-state index in [1.807, 2.05) is 0 Å². The van der Waals surface area contributed by atoms with Crippen LogP contribution in [-0.4, -0.2) is 28.9 Å². The summed E-state index contributed by atoms with van der Waals surface area (Å²) in [5.74, 6) is 2.30. The molecule has 0 heterocycles. The zero-order chi connectivity index (χ0) is 17.1. The fourth-order valence-electron chi connectivity index (χ4n) is 5.43. The first-order valence-corrected chi connectivity index (χ1v) is 10.4. The highest BCUT2D eigenvalue weighted by molar-refractivity contribution is 7.78. The second kappa shape index (κ2) is 8.56. The van der Waals surface area contributed by atoms with Crippen LogP contribution >= 0.6 is 23.8 Å². The Morgan fingerprint density at radius 2 is 1.17 bits per heavy atom. The van der Waals surface area contributed by atoms with Crippen LogP contribution in [0.15, 0.2) is 4.99 Å². The maximum Gasteiger partial charge on any atom is 0.126 e. The maximum absolute atomic E-state index is 14.3. The van der Waals surface area contributed by atoms with Crippen molar-refractivity contribution < 1.29 is 8.78 Å². The summed E-state index contributed by atoms with van der Waals surface area (Å²) in [5, 5.41) is 2.54. The molecule has 0 radical (unpaired) electrons. The van der Waals surface area contributed by atoms with Gasteiger partial charge < -0.3 is 0 Å². The lowest BCUT2D eigenvalue weighted by Crippen LogP contribution is -2.41. The normalized spacial score (nSPS) is 47.0. The molecule has 0 spiro atoms. The average Bonchev–Trinajstić information content (AvgIpc) is 2.59. The molecule has 3 saturated carbocycles. The zero-order valence-electron chi connectivity index (χ0n) is 14.2. The Hall–Kier alpha value is -0.0500. The fraction of sp³-hybridized carbons (Fsp3) is 0.947. The number of hydrogen-bond acceptors (Lipinski definition) is 2. The molecule has 2 atom stereocenters. The van der Waals surface area contributed by atoms with Gasteiger partial charge in [-0.25, -0.2) is 13.8 Å². The highest BCUT2D eigenvalue weighted by atomic mass is 35.5. The van der Waals surface area contributed by atoms with Crippen LogP contribution in [0.25, 0.3) is 0 Å². The molecule has 3 fully saturated rings. The lowest BCUT2D eigenvalue weighted by atomic mass is 9.66. The van der Waals surface area contributed by atoms with Crippen molar-refractivity contribution in [2.45, 2.75) is 88.0 Å². The summed E-state index contributed by atoms with van der Waals surface area (Å²) in [6.45, 7) is 0. The van der Waals surface area contributed by atoms with E-state index in [1.54, 1.807) is 0 Å². The van der Waals surface area contributed by atoms with E-state index in [1.165, 1.54) is 25.7 Å². The van der Waals surface area contributed by atoms with Gasteiger partial charge in [-0.3, -0.25) is 0 Å². The first kappa shape index (κ1) is 18.7. The van der Waals surface area contributed by atoms with Crippen LogP contribution in [0.4, 0.5) is 8.78 Å². The molecule has 0 N–H and O–H groups in total. The largest absolute Gasteiger partial charge is 0.245 e. The van der Waals surface area contributed by atoms with Crippen LogP contribution in [0.1, 0.15) is 64.2 Å². The summed E-state index contributed by atoms with van der Waals surface area (Å²) in [4.78, 5) is 3.71. The van der Waals surface area contributed by atoms with E-state index in [9.17, 15) is 8.78 Å². The smallest absolute Gasteiger partial charge is 0.126 e. The van der Waals surface area contributed by atoms with E-state index in [2.05, 4.69) is 22.4 Å². The molecule has 3 aliphatic rings. The van der Waals surface area contributed by atoms with Gasteiger partial charge in [0.2, 0.25) is 0 Å². The van der Waals surface area contributed by atoms with Crippen molar-refractivity contribution in [1.29, 1.82) is 0 Å². The molecule has 0 aromatic heterocycles. The highest BCUT2D eigenvalue weighted by Gasteiger charge is 2.42. The first-order valence-electron chi connectivity index (χ1n) is 9.57. The van der Waals surface area contributed by atoms with Gasteiger partial charge in [0.1, 0.15) is 18.4 Å². The number of halogens is 3. The predicted molar refractivity (Wildman–Crippen MR) is 98.4 cm³/mol. The van der Waals surface area contributed by atoms with Gasteiger partial charge in [0.05, 0.1) is 5.16 Å². The van der Waals surface area contributed by atoms with Gasteiger partial charge in [-0.2, -0.15) is 0 Å². The Morgan fingerprint density at radius 3 is 1.62 bits per heavy atom. The number of rotatable bonds is 3. The van der Waals surface area contributed by atoms with E-state index in [-0.39, 0.29) is 5.92 Å². The SMILES string of the molecule is FC1CC(C2CCC(C3CCC(Cl)CC3)CC2)CC(F)C1N=C=S. The van der Waals surface area contributed by atoms with Crippen LogP contribution in [0, 0.1) is 23.7 Å². The molecule has 24 heavy (non-hydrogen) atoms. The Bertz CT molecular complexity index is 442. The van der Waals surface area contributed by atoms with Gasteiger partial charge in [0.15, 0.2) is 0 Å². The minimum absolute atomic E-state index is 0.172. The summed E-state index contributed by atoms with van der Waals surface area (Å²) in [5.41, 5.74) is 0.